The first-order valence-corrected chi connectivity index (χ1v) is 9.38. The van der Waals surface area contributed by atoms with E-state index in [1.165, 1.54) is 16.0 Å². The monoisotopic (exact) mass is 346 g/mol. The highest BCUT2D eigenvalue weighted by Gasteiger charge is 2.17. The largest absolute Gasteiger partial charge is 0.336 e. The molecule has 4 nitrogen and oxygen atoms in total. The van der Waals surface area contributed by atoms with Crippen LogP contribution in [0.2, 0.25) is 0 Å². The molecule has 2 amide bonds. The van der Waals surface area contributed by atoms with E-state index in [1.807, 2.05) is 13.0 Å². The van der Waals surface area contributed by atoms with E-state index in [4.69, 9.17) is 0 Å². The van der Waals surface area contributed by atoms with E-state index in [0.29, 0.717) is 12.6 Å². The minimum atomic E-state index is -0.0861. The van der Waals surface area contributed by atoms with E-state index >= 15 is 0 Å². The zero-order valence-corrected chi connectivity index (χ0v) is 15.5. The molecule has 2 rings (SSSR count). The van der Waals surface area contributed by atoms with Crippen LogP contribution in [0.4, 0.5) is 4.79 Å². The Morgan fingerprint density at radius 1 is 1.12 bits per heavy atom. The minimum Gasteiger partial charge on any atom is -0.336 e. The lowest BCUT2D eigenvalue weighted by Gasteiger charge is -2.22. The van der Waals surface area contributed by atoms with E-state index in [9.17, 15) is 4.79 Å². The zero-order valence-electron chi connectivity index (χ0n) is 14.7. The number of benzene rings is 1. The average molecular weight is 347 g/mol. The van der Waals surface area contributed by atoms with Crippen molar-refractivity contribution in [3.63, 3.8) is 0 Å². The van der Waals surface area contributed by atoms with Gasteiger partial charge in [0, 0.05) is 12.5 Å². The van der Waals surface area contributed by atoms with Crippen molar-refractivity contribution in [2.45, 2.75) is 31.8 Å². The molecule has 0 saturated heterocycles. The zero-order chi connectivity index (χ0) is 17.4. The second-order valence-electron chi connectivity index (χ2n) is 6.56. The van der Waals surface area contributed by atoms with Crippen molar-refractivity contribution in [1.29, 1.82) is 0 Å². The van der Waals surface area contributed by atoms with Crippen LogP contribution < -0.4 is 15.5 Å². The van der Waals surface area contributed by atoms with Crippen LogP contribution in [0.1, 0.15) is 18.1 Å². The predicted molar refractivity (Wildman–Crippen MR) is 101 cm³/mol. The van der Waals surface area contributed by atoms with Gasteiger partial charge in [0.05, 0.1) is 20.6 Å². The quantitative estimate of drug-likeness (QED) is 0.670. The van der Waals surface area contributed by atoms with Crippen LogP contribution in [0.5, 0.6) is 0 Å². The fourth-order valence-electron chi connectivity index (χ4n) is 2.68. The number of amides is 2. The Hall–Kier alpha value is -1.85. The summed E-state index contributed by atoms with van der Waals surface area (Å²) in [5.74, 6) is 0. The van der Waals surface area contributed by atoms with E-state index in [1.54, 1.807) is 11.3 Å². The highest BCUT2D eigenvalue weighted by molar-refractivity contribution is 7.07. The maximum atomic E-state index is 12.1. The molecule has 0 saturated carbocycles. The SMILES string of the molecule is C[C@H](Cc1ccsc1)NC(=O)NC[C@@H](Cc1ccccc1)[NH+](C)C. The number of quaternary nitrogens is 1. The second kappa shape index (κ2) is 9.45. The summed E-state index contributed by atoms with van der Waals surface area (Å²) in [6.07, 6.45) is 1.82. The van der Waals surface area contributed by atoms with Crippen molar-refractivity contribution in [2.24, 2.45) is 0 Å². The Morgan fingerprint density at radius 3 is 2.50 bits per heavy atom. The Balaban J connectivity index is 1.77. The molecule has 5 heteroatoms. The van der Waals surface area contributed by atoms with Gasteiger partial charge in [0.2, 0.25) is 0 Å². The van der Waals surface area contributed by atoms with Crippen LogP contribution in [0.15, 0.2) is 47.2 Å². The molecule has 0 fully saturated rings. The summed E-state index contributed by atoms with van der Waals surface area (Å²) in [4.78, 5) is 13.5. The van der Waals surface area contributed by atoms with Gasteiger partial charge in [-0.25, -0.2) is 4.79 Å². The number of urea groups is 1. The maximum absolute atomic E-state index is 12.1. The standard InChI is InChI=1S/C19H27N3OS/c1-15(11-17-9-10-24-14-17)21-19(23)20-13-18(22(2)3)12-16-7-5-4-6-8-16/h4-10,14-15,18H,11-13H2,1-3H3,(H2,20,21,23)/p+1/t15-,18-/m1/s1. The molecule has 0 spiro atoms. The fourth-order valence-corrected chi connectivity index (χ4v) is 3.36. The normalized spacial score (nSPS) is 13.5. The molecule has 0 bridgehead atoms. The number of likely N-dealkylation sites (N-methyl/N-ethyl adjacent to an activating group) is 1. The van der Waals surface area contributed by atoms with Crippen molar-refractivity contribution in [1.82, 2.24) is 10.6 Å². The first-order chi connectivity index (χ1) is 11.5. The van der Waals surface area contributed by atoms with Gasteiger partial charge in [0.1, 0.15) is 6.04 Å². The second-order valence-corrected chi connectivity index (χ2v) is 7.34. The number of nitrogens with one attached hydrogen (secondary N) is 3. The van der Waals surface area contributed by atoms with Gasteiger partial charge in [0.15, 0.2) is 0 Å². The Labute approximate surface area is 148 Å². The molecular weight excluding hydrogens is 318 g/mol. The number of carbonyl (C=O) groups excluding carboxylic acids is 1. The van der Waals surface area contributed by atoms with Crippen LogP contribution in [-0.4, -0.2) is 38.8 Å². The molecule has 130 valence electrons. The number of carbonyl (C=O) groups is 1. The van der Waals surface area contributed by atoms with Gasteiger partial charge in [0.25, 0.3) is 0 Å². The van der Waals surface area contributed by atoms with Crippen LogP contribution in [0, 0.1) is 0 Å². The Bertz CT molecular complexity index is 598. The summed E-state index contributed by atoms with van der Waals surface area (Å²) in [7, 11) is 4.26. The molecule has 1 aromatic heterocycles. The van der Waals surface area contributed by atoms with Crippen LogP contribution >= 0.6 is 11.3 Å². The molecule has 1 heterocycles. The van der Waals surface area contributed by atoms with E-state index in [2.05, 4.69) is 65.8 Å². The Kier molecular flexibility index (Phi) is 7.28. The molecule has 0 aliphatic heterocycles. The first-order valence-electron chi connectivity index (χ1n) is 8.44. The maximum Gasteiger partial charge on any atom is 0.315 e. The summed E-state index contributed by atoms with van der Waals surface area (Å²) >= 11 is 1.69. The van der Waals surface area contributed by atoms with Crippen molar-refractivity contribution in [2.75, 3.05) is 20.6 Å². The Morgan fingerprint density at radius 2 is 1.88 bits per heavy atom. The average Bonchev–Trinajstić information content (AvgIpc) is 3.04. The number of hydrogen-bond donors (Lipinski definition) is 3. The fraction of sp³-hybridized carbons (Fsp3) is 0.421. The van der Waals surface area contributed by atoms with Gasteiger partial charge in [-0.2, -0.15) is 11.3 Å². The van der Waals surface area contributed by atoms with Gasteiger partial charge < -0.3 is 15.5 Å². The van der Waals surface area contributed by atoms with Gasteiger partial charge in [-0.3, -0.25) is 0 Å². The molecule has 24 heavy (non-hydrogen) atoms. The number of hydrogen-bond acceptors (Lipinski definition) is 2. The molecular formula is C19H28N3OS+. The van der Waals surface area contributed by atoms with Crippen LogP contribution in [0.25, 0.3) is 0 Å². The van der Waals surface area contributed by atoms with E-state index in [0.717, 1.165) is 12.8 Å². The highest BCUT2D eigenvalue weighted by atomic mass is 32.1. The molecule has 0 radical (unpaired) electrons. The summed E-state index contributed by atoms with van der Waals surface area (Å²) in [5, 5.41) is 10.2. The highest BCUT2D eigenvalue weighted by Crippen LogP contribution is 2.08. The number of thiophene rings is 1. The third-order valence-electron chi connectivity index (χ3n) is 4.15. The molecule has 0 unspecified atom stereocenters. The molecule has 0 aliphatic carbocycles. The topological polar surface area (TPSA) is 45.6 Å². The number of rotatable bonds is 8. The third kappa shape index (κ3) is 6.34. The van der Waals surface area contributed by atoms with Crippen LogP contribution in [-0.2, 0) is 12.8 Å². The lowest BCUT2D eigenvalue weighted by atomic mass is 10.1. The smallest absolute Gasteiger partial charge is 0.315 e. The summed E-state index contributed by atoms with van der Waals surface area (Å²) < 4.78 is 0. The lowest BCUT2D eigenvalue weighted by molar-refractivity contribution is -0.884. The minimum absolute atomic E-state index is 0.0861. The summed E-state index contributed by atoms with van der Waals surface area (Å²) in [6, 6.07) is 12.9. The van der Waals surface area contributed by atoms with Gasteiger partial charge in [-0.1, -0.05) is 30.3 Å². The third-order valence-corrected chi connectivity index (χ3v) is 4.88. The summed E-state index contributed by atoms with van der Waals surface area (Å²) in [5.41, 5.74) is 2.57. The first kappa shape index (κ1) is 18.5. The van der Waals surface area contributed by atoms with Crippen molar-refractivity contribution in [3.05, 3.63) is 58.3 Å². The van der Waals surface area contributed by atoms with Crippen LogP contribution in [0.3, 0.4) is 0 Å². The summed E-state index contributed by atoms with van der Waals surface area (Å²) in [6.45, 7) is 2.70. The van der Waals surface area contributed by atoms with Crippen molar-refractivity contribution < 1.29 is 9.69 Å². The van der Waals surface area contributed by atoms with Gasteiger partial charge in [-0.15, -0.1) is 0 Å². The molecule has 1 aromatic carbocycles. The van der Waals surface area contributed by atoms with Crippen molar-refractivity contribution in [3.8, 4) is 0 Å². The molecule has 2 atom stereocenters. The molecule has 3 N–H and O–H groups in total. The lowest BCUT2D eigenvalue weighted by Crippen LogP contribution is -3.11. The van der Waals surface area contributed by atoms with Crippen molar-refractivity contribution >= 4 is 17.4 Å². The van der Waals surface area contributed by atoms with E-state index < -0.39 is 0 Å². The molecule has 0 aliphatic rings. The predicted octanol–water partition coefficient (Wildman–Crippen LogP) is 1.73. The van der Waals surface area contributed by atoms with Gasteiger partial charge >= 0.3 is 6.03 Å². The molecule has 2 aromatic rings. The van der Waals surface area contributed by atoms with E-state index in [-0.39, 0.29) is 12.1 Å². The van der Waals surface area contributed by atoms with Gasteiger partial charge in [-0.05, 0) is 41.3 Å².